The Morgan fingerprint density at radius 3 is 2.30 bits per heavy atom. The van der Waals surface area contributed by atoms with Gasteiger partial charge >= 0.3 is 23.9 Å². The van der Waals surface area contributed by atoms with E-state index >= 15 is 0 Å². The Morgan fingerprint density at radius 1 is 1.20 bits per heavy atom. The molecule has 108 valence electrons. The minimum Gasteiger partial charge on any atom is -0.481 e. The number of carbonyl (C=O) groups excluding carboxylic acids is 2. The maximum atomic E-state index is 11.6. The summed E-state index contributed by atoms with van der Waals surface area (Å²) in [5, 5.41) is 18.2. The van der Waals surface area contributed by atoms with Crippen molar-refractivity contribution in [3.05, 3.63) is 11.6 Å². The zero-order valence-electron chi connectivity index (χ0n) is 10.7. The molecule has 20 heavy (non-hydrogen) atoms. The molecule has 1 aliphatic heterocycles. The molecule has 0 saturated carbocycles. The minimum absolute atomic E-state index is 0.0156. The molecule has 0 radical (unpaired) electrons. The van der Waals surface area contributed by atoms with Crippen molar-refractivity contribution in [2.24, 2.45) is 23.7 Å². The van der Waals surface area contributed by atoms with Crippen molar-refractivity contribution in [3.8, 4) is 0 Å². The molecule has 4 unspecified atom stereocenters. The van der Waals surface area contributed by atoms with Crippen molar-refractivity contribution >= 4 is 23.9 Å². The lowest BCUT2D eigenvalue weighted by Crippen LogP contribution is -2.37. The molecule has 2 N–H and O–H groups in total. The van der Waals surface area contributed by atoms with Crippen LogP contribution in [0, 0.1) is 23.7 Å². The lowest BCUT2D eigenvalue weighted by Gasteiger charge is -2.32. The van der Waals surface area contributed by atoms with Crippen LogP contribution in [-0.2, 0) is 23.9 Å². The molecule has 0 spiro atoms. The van der Waals surface area contributed by atoms with Gasteiger partial charge in [0.25, 0.3) is 0 Å². The van der Waals surface area contributed by atoms with Crippen molar-refractivity contribution in [3.63, 3.8) is 0 Å². The number of esters is 2. The summed E-state index contributed by atoms with van der Waals surface area (Å²) in [7, 11) is 0. The Hall–Kier alpha value is -2.18. The fraction of sp³-hybridized carbons (Fsp3) is 0.538. The van der Waals surface area contributed by atoms with Crippen molar-refractivity contribution in [1.82, 2.24) is 0 Å². The fourth-order valence-corrected chi connectivity index (χ4v) is 2.91. The van der Waals surface area contributed by atoms with Crippen LogP contribution in [0.25, 0.3) is 0 Å². The number of rotatable bonds is 3. The Labute approximate surface area is 114 Å². The van der Waals surface area contributed by atoms with Gasteiger partial charge in [-0.15, -0.1) is 0 Å². The molecule has 2 rings (SSSR count). The summed E-state index contributed by atoms with van der Waals surface area (Å²) < 4.78 is 4.48. The second-order valence-electron chi connectivity index (χ2n) is 5.17. The van der Waals surface area contributed by atoms with Gasteiger partial charge in [0.2, 0.25) is 0 Å². The average molecular weight is 282 g/mol. The van der Waals surface area contributed by atoms with Crippen molar-refractivity contribution in [1.29, 1.82) is 0 Å². The quantitative estimate of drug-likeness (QED) is 0.438. The number of carbonyl (C=O) groups is 4. The monoisotopic (exact) mass is 282 g/mol. The number of ether oxygens (including phenoxy) is 1. The standard InChI is InChI=1S/C13H14O7/c1-5-2-7(11(15)16)8(12(17)18)3-6(5)9-4-10(14)20-13(9)19/h2,6-9H,3-4H2,1H3,(H,15,16)(H,17,18). The molecule has 1 aliphatic carbocycles. The highest BCUT2D eigenvalue weighted by Gasteiger charge is 2.46. The summed E-state index contributed by atoms with van der Waals surface area (Å²) in [6.45, 7) is 1.65. The van der Waals surface area contributed by atoms with E-state index in [1.54, 1.807) is 6.92 Å². The second-order valence-corrected chi connectivity index (χ2v) is 5.17. The van der Waals surface area contributed by atoms with E-state index in [4.69, 9.17) is 10.2 Å². The molecule has 0 amide bonds. The number of aliphatic carboxylic acids is 2. The predicted octanol–water partition coefficient (Wildman–Crippen LogP) is 0.444. The Bertz CT molecular complexity index is 519. The average Bonchev–Trinajstić information content (AvgIpc) is 2.67. The highest BCUT2D eigenvalue weighted by Crippen LogP contribution is 2.40. The third-order valence-electron chi connectivity index (χ3n) is 3.96. The molecule has 1 saturated heterocycles. The number of hydrogen-bond acceptors (Lipinski definition) is 5. The Kier molecular flexibility index (Phi) is 3.61. The van der Waals surface area contributed by atoms with E-state index in [-0.39, 0.29) is 12.8 Å². The van der Waals surface area contributed by atoms with Gasteiger partial charge in [0.15, 0.2) is 0 Å². The second kappa shape index (κ2) is 5.07. The van der Waals surface area contributed by atoms with Gasteiger partial charge in [-0.1, -0.05) is 11.6 Å². The molecule has 1 heterocycles. The van der Waals surface area contributed by atoms with E-state index in [0.29, 0.717) is 5.57 Å². The summed E-state index contributed by atoms with van der Waals surface area (Å²) in [6.07, 6.45) is 1.30. The Balaban J connectivity index is 2.30. The van der Waals surface area contributed by atoms with Crippen LogP contribution in [0.15, 0.2) is 11.6 Å². The van der Waals surface area contributed by atoms with Crippen LogP contribution in [0.1, 0.15) is 19.8 Å². The maximum Gasteiger partial charge on any atom is 0.317 e. The molecule has 0 aromatic heterocycles. The SMILES string of the molecule is CC1=CC(C(=O)O)C(C(=O)O)CC1C1CC(=O)OC1=O. The van der Waals surface area contributed by atoms with Crippen LogP contribution in [0.3, 0.4) is 0 Å². The van der Waals surface area contributed by atoms with E-state index in [9.17, 15) is 19.2 Å². The molecule has 7 nitrogen and oxygen atoms in total. The minimum atomic E-state index is -1.22. The van der Waals surface area contributed by atoms with Crippen molar-refractivity contribution in [2.75, 3.05) is 0 Å². The first kappa shape index (κ1) is 14.2. The summed E-state index contributed by atoms with van der Waals surface area (Å²) >= 11 is 0. The topological polar surface area (TPSA) is 118 Å². The summed E-state index contributed by atoms with van der Waals surface area (Å²) in [6, 6.07) is 0. The van der Waals surface area contributed by atoms with E-state index in [1.165, 1.54) is 6.08 Å². The van der Waals surface area contributed by atoms with Crippen LogP contribution < -0.4 is 0 Å². The third kappa shape index (κ3) is 2.43. The van der Waals surface area contributed by atoms with E-state index in [0.717, 1.165) is 0 Å². The van der Waals surface area contributed by atoms with Crippen molar-refractivity contribution in [2.45, 2.75) is 19.8 Å². The number of hydrogen-bond donors (Lipinski definition) is 2. The number of carboxylic acid groups (broad SMARTS) is 2. The highest BCUT2D eigenvalue weighted by atomic mass is 16.6. The molecule has 0 aromatic rings. The number of allylic oxidation sites excluding steroid dienone is 1. The summed E-state index contributed by atoms with van der Waals surface area (Å²) in [5.41, 5.74) is 0.617. The fourth-order valence-electron chi connectivity index (χ4n) is 2.91. The molecular weight excluding hydrogens is 268 g/mol. The highest BCUT2D eigenvalue weighted by molar-refractivity contribution is 5.95. The molecular formula is C13H14O7. The van der Waals surface area contributed by atoms with Gasteiger partial charge in [0.05, 0.1) is 24.2 Å². The predicted molar refractivity (Wildman–Crippen MR) is 63.3 cm³/mol. The van der Waals surface area contributed by atoms with Gasteiger partial charge in [-0.05, 0) is 19.3 Å². The summed E-state index contributed by atoms with van der Waals surface area (Å²) in [5.74, 6) is -7.11. The van der Waals surface area contributed by atoms with Gasteiger partial charge in [-0.3, -0.25) is 19.2 Å². The zero-order valence-corrected chi connectivity index (χ0v) is 10.7. The van der Waals surface area contributed by atoms with Crippen LogP contribution in [0.4, 0.5) is 0 Å². The van der Waals surface area contributed by atoms with Gasteiger partial charge in [0, 0.05) is 0 Å². The third-order valence-corrected chi connectivity index (χ3v) is 3.96. The van der Waals surface area contributed by atoms with Crippen LogP contribution in [0.2, 0.25) is 0 Å². The molecule has 7 heteroatoms. The number of carboxylic acids is 2. The van der Waals surface area contributed by atoms with Gasteiger partial charge in [0.1, 0.15) is 0 Å². The van der Waals surface area contributed by atoms with Crippen LogP contribution in [0.5, 0.6) is 0 Å². The Morgan fingerprint density at radius 2 is 1.85 bits per heavy atom. The smallest absolute Gasteiger partial charge is 0.317 e. The molecule has 4 atom stereocenters. The van der Waals surface area contributed by atoms with Crippen LogP contribution in [-0.4, -0.2) is 34.1 Å². The van der Waals surface area contributed by atoms with Crippen LogP contribution >= 0.6 is 0 Å². The number of cyclic esters (lactones) is 2. The van der Waals surface area contributed by atoms with E-state index in [1.807, 2.05) is 0 Å². The van der Waals surface area contributed by atoms with Gasteiger partial charge in [-0.2, -0.15) is 0 Å². The maximum absolute atomic E-state index is 11.6. The lowest BCUT2D eigenvalue weighted by molar-refractivity contribution is -0.155. The molecule has 0 aromatic carbocycles. The van der Waals surface area contributed by atoms with E-state index < -0.39 is 47.5 Å². The van der Waals surface area contributed by atoms with Crippen molar-refractivity contribution < 1.29 is 34.1 Å². The van der Waals surface area contributed by atoms with Gasteiger partial charge in [-0.25, -0.2) is 0 Å². The zero-order chi connectivity index (χ0) is 15.0. The van der Waals surface area contributed by atoms with E-state index in [2.05, 4.69) is 4.74 Å². The molecule has 2 aliphatic rings. The summed E-state index contributed by atoms with van der Waals surface area (Å²) in [4.78, 5) is 45.0. The van der Waals surface area contributed by atoms with Gasteiger partial charge < -0.3 is 14.9 Å². The normalized spacial score (nSPS) is 33.5. The first-order chi connectivity index (χ1) is 9.31. The largest absolute Gasteiger partial charge is 0.481 e. The molecule has 0 bridgehead atoms. The molecule has 1 fully saturated rings. The first-order valence-electron chi connectivity index (χ1n) is 6.19. The first-order valence-corrected chi connectivity index (χ1v) is 6.19. The lowest BCUT2D eigenvalue weighted by atomic mass is 9.70.